The van der Waals surface area contributed by atoms with E-state index in [1.54, 1.807) is 42.5 Å². The van der Waals surface area contributed by atoms with Crippen LogP contribution in [0.3, 0.4) is 0 Å². The molecule has 9 heteroatoms. The summed E-state index contributed by atoms with van der Waals surface area (Å²) >= 11 is 0. The van der Waals surface area contributed by atoms with Gasteiger partial charge in [-0.2, -0.15) is 9.29 Å². The van der Waals surface area contributed by atoms with Gasteiger partial charge in [-0.3, -0.25) is 0 Å². The molecule has 3 aromatic rings. The zero-order valence-corrected chi connectivity index (χ0v) is 19.7. The van der Waals surface area contributed by atoms with Gasteiger partial charge < -0.3 is 9.64 Å². The maximum absolute atomic E-state index is 13.2. The second-order valence-corrected chi connectivity index (χ2v) is 10.3. The van der Waals surface area contributed by atoms with Crippen LogP contribution in [-0.4, -0.2) is 48.9 Å². The molecule has 0 atom stereocenters. The van der Waals surface area contributed by atoms with E-state index >= 15 is 0 Å². The number of piperazine rings is 1. The van der Waals surface area contributed by atoms with Crippen molar-refractivity contribution in [1.82, 2.24) is 14.3 Å². The van der Waals surface area contributed by atoms with Crippen molar-refractivity contribution in [3.05, 3.63) is 71.7 Å². The van der Waals surface area contributed by atoms with Crippen molar-refractivity contribution in [3.8, 4) is 11.6 Å². The standard InChI is InChI=1S/C24H27FN4O3S/c1-17(2)22-16-23(32-20-8-6-19(25)7-9-20)27-24(26-22)28-12-14-29(15-13-28)33(30,31)21-10-4-18(3)5-11-21/h4-11,16-17H,12-15H2,1-3H3. The third-order valence-electron chi connectivity index (χ3n) is 5.52. The highest BCUT2D eigenvalue weighted by atomic mass is 32.2. The summed E-state index contributed by atoms with van der Waals surface area (Å²) in [7, 11) is -3.55. The lowest BCUT2D eigenvalue weighted by molar-refractivity contribution is 0.381. The average molecular weight is 471 g/mol. The number of nitrogens with zero attached hydrogens (tertiary/aromatic N) is 4. The van der Waals surface area contributed by atoms with E-state index in [1.165, 1.54) is 16.4 Å². The second kappa shape index (κ2) is 9.44. The van der Waals surface area contributed by atoms with Gasteiger partial charge in [0.2, 0.25) is 21.9 Å². The Morgan fingerprint density at radius 2 is 1.58 bits per heavy atom. The van der Waals surface area contributed by atoms with Crippen molar-refractivity contribution in [2.24, 2.45) is 0 Å². The summed E-state index contributed by atoms with van der Waals surface area (Å²) < 4.78 is 46.5. The Bertz CT molecular complexity index is 1210. The maximum Gasteiger partial charge on any atom is 0.243 e. The van der Waals surface area contributed by atoms with Gasteiger partial charge in [0.05, 0.1) is 10.6 Å². The van der Waals surface area contributed by atoms with Crippen molar-refractivity contribution < 1.29 is 17.5 Å². The third-order valence-corrected chi connectivity index (χ3v) is 7.43. The van der Waals surface area contributed by atoms with Crippen LogP contribution in [0.4, 0.5) is 10.3 Å². The molecule has 0 unspecified atom stereocenters. The Morgan fingerprint density at radius 1 is 0.939 bits per heavy atom. The molecule has 7 nitrogen and oxygen atoms in total. The van der Waals surface area contributed by atoms with Crippen LogP contribution in [0.25, 0.3) is 0 Å². The van der Waals surface area contributed by atoms with Gasteiger partial charge in [-0.15, -0.1) is 0 Å². The van der Waals surface area contributed by atoms with Gasteiger partial charge in [0.25, 0.3) is 0 Å². The van der Waals surface area contributed by atoms with Gasteiger partial charge >= 0.3 is 0 Å². The number of aryl methyl sites for hydroxylation is 1. The fourth-order valence-corrected chi connectivity index (χ4v) is 4.95. The quantitative estimate of drug-likeness (QED) is 0.533. The minimum atomic E-state index is -3.55. The summed E-state index contributed by atoms with van der Waals surface area (Å²) in [6, 6.07) is 14.4. The van der Waals surface area contributed by atoms with Crippen molar-refractivity contribution in [2.75, 3.05) is 31.1 Å². The van der Waals surface area contributed by atoms with E-state index in [-0.39, 0.29) is 11.7 Å². The lowest BCUT2D eigenvalue weighted by atomic mass is 10.1. The maximum atomic E-state index is 13.2. The number of sulfonamides is 1. The summed E-state index contributed by atoms with van der Waals surface area (Å²) in [4.78, 5) is 11.5. The SMILES string of the molecule is Cc1ccc(S(=O)(=O)N2CCN(c3nc(Oc4ccc(F)cc4)cc(C(C)C)n3)CC2)cc1. The molecule has 2 aromatic carbocycles. The first-order valence-electron chi connectivity index (χ1n) is 10.9. The molecule has 1 aromatic heterocycles. The highest BCUT2D eigenvalue weighted by Gasteiger charge is 2.29. The topological polar surface area (TPSA) is 75.6 Å². The number of hydrogen-bond acceptors (Lipinski definition) is 6. The predicted molar refractivity (Wildman–Crippen MR) is 125 cm³/mol. The zero-order chi connectivity index (χ0) is 23.6. The van der Waals surface area contributed by atoms with Crippen molar-refractivity contribution >= 4 is 16.0 Å². The lowest BCUT2D eigenvalue weighted by Gasteiger charge is -2.34. The molecule has 0 amide bonds. The van der Waals surface area contributed by atoms with E-state index in [0.717, 1.165) is 11.3 Å². The van der Waals surface area contributed by atoms with Crippen LogP contribution in [0, 0.1) is 12.7 Å². The molecule has 174 valence electrons. The smallest absolute Gasteiger partial charge is 0.243 e. The van der Waals surface area contributed by atoms with Crippen molar-refractivity contribution in [3.63, 3.8) is 0 Å². The number of anilines is 1. The molecule has 1 fully saturated rings. The summed E-state index contributed by atoms with van der Waals surface area (Å²) in [5.41, 5.74) is 1.83. The van der Waals surface area contributed by atoms with Gasteiger partial charge in [0, 0.05) is 32.2 Å². The van der Waals surface area contributed by atoms with Crippen LogP contribution >= 0.6 is 0 Å². The fourth-order valence-electron chi connectivity index (χ4n) is 3.53. The van der Waals surface area contributed by atoms with Gasteiger partial charge in [0.1, 0.15) is 11.6 Å². The third kappa shape index (κ3) is 5.31. The van der Waals surface area contributed by atoms with Crippen LogP contribution in [0.5, 0.6) is 11.6 Å². The minimum Gasteiger partial charge on any atom is -0.439 e. The predicted octanol–water partition coefficient (Wildman–Crippen LogP) is 4.35. The Balaban J connectivity index is 1.51. The minimum absolute atomic E-state index is 0.144. The highest BCUT2D eigenvalue weighted by molar-refractivity contribution is 7.89. The molecule has 0 bridgehead atoms. The van der Waals surface area contributed by atoms with Crippen LogP contribution < -0.4 is 9.64 Å². The molecule has 0 N–H and O–H groups in total. The lowest BCUT2D eigenvalue weighted by Crippen LogP contribution is -2.49. The molecule has 1 aliphatic heterocycles. The van der Waals surface area contributed by atoms with E-state index in [1.807, 2.05) is 25.7 Å². The highest BCUT2D eigenvalue weighted by Crippen LogP contribution is 2.27. The summed E-state index contributed by atoms with van der Waals surface area (Å²) in [5, 5.41) is 0. The number of rotatable bonds is 6. The van der Waals surface area contributed by atoms with E-state index in [2.05, 4.69) is 9.97 Å². The molecule has 1 saturated heterocycles. The van der Waals surface area contributed by atoms with Crippen molar-refractivity contribution in [2.45, 2.75) is 31.6 Å². The van der Waals surface area contributed by atoms with Crippen molar-refractivity contribution in [1.29, 1.82) is 0 Å². The average Bonchev–Trinajstić information content (AvgIpc) is 2.81. The molecule has 0 aliphatic carbocycles. The van der Waals surface area contributed by atoms with E-state index < -0.39 is 10.0 Å². The molecule has 33 heavy (non-hydrogen) atoms. The number of benzene rings is 2. The first-order valence-corrected chi connectivity index (χ1v) is 12.3. The summed E-state index contributed by atoms with van der Waals surface area (Å²) in [6.07, 6.45) is 0. The van der Waals surface area contributed by atoms with E-state index in [9.17, 15) is 12.8 Å². The zero-order valence-electron chi connectivity index (χ0n) is 18.9. The number of halogens is 1. The van der Waals surface area contributed by atoms with E-state index in [4.69, 9.17) is 4.74 Å². The fraction of sp³-hybridized carbons (Fsp3) is 0.333. The Kier molecular flexibility index (Phi) is 6.62. The summed E-state index contributed by atoms with van der Waals surface area (Å²) in [5.74, 6) is 1.14. The molecule has 0 spiro atoms. The second-order valence-electron chi connectivity index (χ2n) is 8.35. The molecule has 0 saturated carbocycles. The molecule has 1 aliphatic rings. The largest absolute Gasteiger partial charge is 0.439 e. The monoisotopic (exact) mass is 470 g/mol. The normalized spacial score (nSPS) is 15.1. The van der Waals surface area contributed by atoms with Crippen LogP contribution in [0.1, 0.15) is 31.0 Å². The molecule has 0 radical (unpaired) electrons. The Morgan fingerprint density at radius 3 is 2.18 bits per heavy atom. The molecular weight excluding hydrogens is 443 g/mol. The molecular formula is C24H27FN4O3S. The van der Waals surface area contributed by atoms with Gasteiger partial charge in [-0.25, -0.2) is 17.8 Å². The first-order chi connectivity index (χ1) is 15.7. The first kappa shape index (κ1) is 23.1. The number of hydrogen-bond donors (Lipinski definition) is 0. The molecule has 2 heterocycles. The van der Waals surface area contributed by atoms with Gasteiger partial charge in [-0.1, -0.05) is 31.5 Å². The van der Waals surface area contributed by atoms with Gasteiger partial charge in [0.15, 0.2) is 0 Å². The number of ether oxygens (including phenoxy) is 1. The van der Waals surface area contributed by atoms with Crippen LogP contribution in [0.15, 0.2) is 59.5 Å². The van der Waals surface area contributed by atoms with Crippen LogP contribution in [0.2, 0.25) is 0 Å². The summed E-state index contributed by atoms with van der Waals surface area (Å²) in [6.45, 7) is 7.57. The Hall–Kier alpha value is -3.04. The Labute approximate surface area is 193 Å². The number of aromatic nitrogens is 2. The molecule has 4 rings (SSSR count). The van der Waals surface area contributed by atoms with Gasteiger partial charge in [-0.05, 0) is 49.2 Å². The van der Waals surface area contributed by atoms with E-state index in [0.29, 0.717) is 48.7 Å². The van der Waals surface area contributed by atoms with Crippen LogP contribution in [-0.2, 0) is 10.0 Å².